The fourth-order valence-electron chi connectivity index (χ4n) is 2.81. The third-order valence-corrected chi connectivity index (χ3v) is 3.95. The fourth-order valence-corrected chi connectivity index (χ4v) is 2.81. The lowest BCUT2D eigenvalue weighted by molar-refractivity contribution is -0.130. The van der Waals surface area contributed by atoms with Crippen molar-refractivity contribution >= 4 is 28.2 Å². The first-order valence-electron chi connectivity index (χ1n) is 7.35. The Bertz CT molecular complexity index is 664. The molecule has 5 nitrogen and oxygen atoms in total. The molecule has 0 bridgehead atoms. The largest absolute Gasteiger partial charge is 0.396 e. The number of fused-ring (bicyclic) bond motifs is 1. The molecule has 0 saturated carbocycles. The highest BCUT2D eigenvalue weighted by Crippen LogP contribution is 2.28. The number of carbonyl (C=O) groups excluding carboxylic acids is 1. The molecule has 5 heteroatoms. The molecule has 1 amide bonds. The summed E-state index contributed by atoms with van der Waals surface area (Å²) in [4.78, 5) is 18.6. The van der Waals surface area contributed by atoms with Crippen molar-refractivity contribution in [2.24, 2.45) is 0 Å². The summed E-state index contributed by atoms with van der Waals surface area (Å²) in [6.07, 6.45) is 3.83. The molecular weight excluding hydrogens is 264 g/mol. The van der Waals surface area contributed by atoms with Crippen LogP contribution in [0.5, 0.6) is 0 Å². The van der Waals surface area contributed by atoms with Crippen molar-refractivity contribution in [3.8, 4) is 0 Å². The predicted molar refractivity (Wildman–Crippen MR) is 85.1 cm³/mol. The number of amides is 1. The average Bonchev–Trinajstić information content (AvgIpc) is 3.03. The molecule has 1 aromatic carbocycles. The lowest BCUT2D eigenvalue weighted by Gasteiger charge is -2.23. The van der Waals surface area contributed by atoms with Gasteiger partial charge in [0.25, 0.3) is 0 Å². The van der Waals surface area contributed by atoms with Gasteiger partial charge in [-0.05, 0) is 25.8 Å². The van der Waals surface area contributed by atoms with Crippen LogP contribution in [0.3, 0.4) is 0 Å². The maximum absolute atomic E-state index is 12.4. The zero-order valence-electron chi connectivity index (χ0n) is 12.2. The van der Waals surface area contributed by atoms with Gasteiger partial charge >= 0.3 is 0 Å². The molecule has 110 valence electrons. The molecule has 0 radical (unpaired) electrons. The number of hydrogen-bond donors (Lipinski definition) is 2. The van der Waals surface area contributed by atoms with Crippen LogP contribution in [0.2, 0.25) is 0 Å². The second-order valence-electron chi connectivity index (χ2n) is 5.50. The van der Waals surface area contributed by atoms with Gasteiger partial charge in [0.15, 0.2) is 0 Å². The molecule has 3 rings (SSSR count). The number of aromatic nitrogens is 1. The number of nitrogens with zero attached hydrogens (tertiary/aromatic N) is 2. The van der Waals surface area contributed by atoms with Crippen molar-refractivity contribution in [3.05, 3.63) is 30.5 Å². The molecule has 1 saturated heterocycles. The van der Waals surface area contributed by atoms with E-state index >= 15 is 0 Å². The van der Waals surface area contributed by atoms with Crippen LogP contribution >= 0.6 is 0 Å². The van der Waals surface area contributed by atoms with Crippen LogP contribution in [-0.2, 0) is 4.79 Å². The van der Waals surface area contributed by atoms with Crippen LogP contribution < -0.4 is 11.1 Å². The van der Waals surface area contributed by atoms with Crippen LogP contribution in [0.1, 0.15) is 19.8 Å². The van der Waals surface area contributed by atoms with Crippen LogP contribution in [0.4, 0.5) is 11.4 Å². The van der Waals surface area contributed by atoms with E-state index in [1.165, 1.54) is 0 Å². The van der Waals surface area contributed by atoms with Gasteiger partial charge in [0.1, 0.15) is 6.04 Å². The second kappa shape index (κ2) is 5.60. The third kappa shape index (κ3) is 2.63. The number of nitrogens with one attached hydrogen (secondary N) is 1. The summed E-state index contributed by atoms with van der Waals surface area (Å²) in [5.74, 6) is 0.132. The van der Waals surface area contributed by atoms with Crippen LogP contribution in [0.25, 0.3) is 10.9 Å². The number of likely N-dealkylation sites (tertiary alicyclic amines) is 1. The maximum atomic E-state index is 12.4. The smallest absolute Gasteiger partial charge is 0.244 e. The van der Waals surface area contributed by atoms with E-state index < -0.39 is 0 Å². The average molecular weight is 284 g/mol. The van der Waals surface area contributed by atoms with Crippen molar-refractivity contribution in [1.82, 2.24) is 9.88 Å². The van der Waals surface area contributed by atoms with E-state index in [1.54, 1.807) is 6.20 Å². The van der Waals surface area contributed by atoms with Crippen LogP contribution in [0, 0.1) is 0 Å². The lowest BCUT2D eigenvalue weighted by Crippen LogP contribution is -2.39. The van der Waals surface area contributed by atoms with Crippen molar-refractivity contribution in [2.75, 3.05) is 24.1 Å². The molecule has 1 aromatic heterocycles. The molecule has 1 atom stereocenters. The van der Waals surface area contributed by atoms with Gasteiger partial charge in [-0.2, -0.15) is 0 Å². The molecule has 2 heterocycles. The standard InChI is InChI=1S/C16H20N4O/c1-11(16(21)20-8-4-5-9-20)19-15-12-6-2-3-7-14(12)18-10-13(15)17/h2-3,6-7,10-11H,4-5,8-9,17H2,1H3,(H,18,19). The summed E-state index contributed by atoms with van der Waals surface area (Å²) >= 11 is 0. The summed E-state index contributed by atoms with van der Waals surface area (Å²) in [5, 5.41) is 4.22. The first-order valence-corrected chi connectivity index (χ1v) is 7.35. The molecule has 2 aromatic rings. The van der Waals surface area contributed by atoms with Gasteiger partial charge in [0, 0.05) is 18.5 Å². The highest BCUT2D eigenvalue weighted by Gasteiger charge is 2.24. The number of carbonyl (C=O) groups is 1. The Morgan fingerprint density at radius 1 is 1.33 bits per heavy atom. The Labute approximate surface area is 124 Å². The fraction of sp³-hybridized carbons (Fsp3) is 0.375. The number of nitrogens with two attached hydrogens (primary N) is 1. The van der Waals surface area contributed by atoms with Gasteiger partial charge in [-0.3, -0.25) is 9.78 Å². The zero-order chi connectivity index (χ0) is 14.8. The molecule has 1 aliphatic heterocycles. The first kappa shape index (κ1) is 13.7. The van der Waals surface area contributed by atoms with Crippen LogP contribution in [-0.4, -0.2) is 34.9 Å². The summed E-state index contributed by atoms with van der Waals surface area (Å²) in [7, 11) is 0. The van der Waals surface area contributed by atoms with E-state index in [0.29, 0.717) is 5.69 Å². The SMILES string of the molecule is CC(Nc1c(N)cnc2ccccc12)C(=O)N1CCCC1. The number of pyridine rings is 1. The zero-order valence-corrected chi connectivity index (χ0v) is 12.2. The Morgan fingerprint density at radius 3 is 2.81 bits per heavy atom. The van der Waals surface area contributed by atoms with E-state index in [9.17, 15) is 4.79 Å². The van der Waals surface area contributed by atoms with E-state index in [0.717, 1.165) is 42.5 Å². The minimum atomic E-state index is -0.295. The molecule has 0 spiro atoms. The minimum Gasteiger partial charge on any atom is -0.396 e. The summed E-state index contributed by atoms with van der Waals surface area (Å²) in [6, 6.07) is 7.49. The molecule has 0 aliphatic carbocycles. The Kier molecular flexibility index (Phi) is 3.64. The number of para-hydroxylation sites is 1. The van der Waals surface area contributed by atoms with E-state index in [2.05, 4.69) is 10.3 Å². The van der Waals surface area contributed by atoms with Gasteiger partial charge in [0.2, 0.25) is 5.91 Å². The third-order valence-electron chi connectivity index (χ3n) is 3.95. The number of hydrogen-bond acceptors (Lipinski definition) is 4. The summed E-state index contributed by atoms with van der Waals surface area (Å²) in [5.41, 5.74) is 8.27. The van der Waals surface area contributed by atoms with Crippen molar-refractivity contribution in [1.29, 1.82) is 0 Å². The highest BCUT2D eigenvalue weighted by molar-refractivity contribution is 5.98. The summed E-state index contributed by atoms with van der Waals surface area (Å²) < 4.78 is 0. The lowest BCUT2D eigenvalue weighted by atomic mass is 10.1. The number of benzene rings is 1. The maximum Gasteiger partial charge on any atom is 0.244 e. The monoisotopic (exact) mass is 284 g/mol. The molecule has 1 fully saturated rings. The quantitative estimate of drug-likeness (QED) is 0.906. The Hall–Kier alpha value is -2.30. The van der Waals surface area contributed by atoms with Crippen molar-refractivity contribution in [3.63, 3.8) is 0 Å². The first-order chi connectivity index (χ1) is 10.2. The molecule has 21 heavy (non-hydrogen) atoms. The molecule has 1 unspecified atom stereocenters. The minimum absolute atomic E-state index is 0.132. The van der Waals surface area contributed by atoms with Gasteiger partial charge in [0.05, 0.1) is 23.1 Å². The normalized spacial score (nSPS) is 16.1. The molecule has 3 N–H and O–H groups in total. The number of nitrogen functional groups attached to an aromatic ring is 1. The number of rotatable bonds is 3. The predicted octanol–water partition coefficient (Wildman–Crippen LogP) is 2.24. The molecular formula is C16H20N4O. The highest BCUT2D eigenvalue weighted by atomic mass is 16.2. The van der Waals surface area contributed by atoms with Gasteiger partial charge in [-0.15, -0.1) is 0 Å². The van der Waals surface area contributed by atoms with E-state index in [-0.39, 0.29) is 11.9 Å². The molecule has 1 aliphatic rings. The van der Waals surface area contributed by atoms with Crippen molar-refractivity contribution in [2.45, 2.75) is 25.8 Å². The summed E-state index contributed by atoms with van der Waals surface area (Å²) in [6.45, 7) is 3.60. The van der Waals surface area contributed by atoms with Gasteiger partial charge in [-0.1, -0.05) is 18.2 Å². The number of anilines is 2. The second-order valence-corrected chi connectivity index (χ2v) is 5.50. The Balaban J connectivity index is 1.87. The van der Waals surface area contributed by atoms with Gasteiger partial charge in [-0.25, -0.2) is 0 Å². The van der Waals surface area contributed by atoms with Crippen LogP contribution in [0.15, 0.2) is 30.5 Å². The van der Waals surface area contributed by atoms with Crippen molar-refractivity contribution < 1.29 is 4.79 Å². The van der Waals surface area contributed by atoms with Gasteiger partial charge < -0.3 is 16.0 Å². The van der Waals surface area contributed by atoms with E-state index in [1.807, 2.05) is 36.1 Å². The Morgan fingerprint density at radius 2 is 2.05 bits per heavy atom. The topological polar surface area (TPSA) is 71.2 Å². The van der Waals surface area contributed by atoms with E-state index in [4.69, 9.17) is 5.73 Å².